The number of hydrogen-bond acceptors (Lipinski definition) is 4. The first-order valence-electron chi connectivity index (χ1n) is 5.43. The molecule has 0 aromatic heterocycles. The minimum absolute atomic E-state index is 0.0285. The van der Waals surface area contributed by atoms with Crippen LogP contribution in [0.1, 0.15) is 12.8 Å². The lowest BCUT2D eigenvalue weighted by Gasteiger charge is -2.28. The van der Waals surface area contributed by atoms with Crippen LogP contribution in [0.15, 0.2) is 0 Å². The first-order valence-corrected chi connectivity index (χ1v) is 5.43. The molecule has 0 radical (unpaired) electrons. The molecule has 2 saturated heterocycles. The summed E-state index contributed by atoms with van der Waals surface area (Å²) in [5.41, 5.74) is 0. The Morgan fingerprint density at radius 2 is 2.33 bits per heavy atom. The van der Waals surface area contributed by atoms with E-state index in [1.165, 1.54) is 0 Å². The van der Waals surface area contributed by atoms with Crippen molar-refractivity contribution in [3.8, 4) is 0 Å². The molecule has 2 heterocycles. The molecule has 0 aromatic rings. The Hall–Kier alpha value is -0.810. The van der Waals surface area contributed by atoms with Crippen molar-refractivity contribution in [1.82, 2.24) is 4.90 Å². The lowest BCUT2D eigenvalue weighted by atomic mass is 10.0. The van der Waals surface area contributed by atoms with Crippen LogP contribution in [0.5, 0.6) is 0 Å². The van der Waals surface area contributed by atoms with Gasteiger partial charge in [-0.25, -0.2) is 4.79 Å². The molecule has 0 saturated carbocycles. The van der Waals surface area contributed by atoms with Gasteiger partial charge in [0, 0.05) is 19.1 Å². The molecule has 2 unspecified atom stereocenters. The highest BCUT2D eigenvalue weighted by atomic mass is 16.6. The van der Waals surface area contributed by atoms with E-state index in [-0.39, 0.29) is 18.7 Å². The van der Waals surface area contributed by atoms with Crippen LogP contribution in [0.3, 0.4) is 0 Å². The second kappa shape index (κ2) is 4.81. The van der Waals surface area contributed by atoms with Crippen LogP contribution in [0.2, 0.25) is 0 Å². The molecular weight excluding hydrogens is 198 g/mol. The second-order valence-corrected chi connectivity index (χ2v) is 4.15. The summed E-state index contributed by atoms with van der Waals surface area (Å²) >= 11 is 0. The molecule has 0 aromatic carbocycles. The average molecular weight is 215 g/mol. The number of carbonyl (C=O) groups excluding carboxylic acids is 1. The molecule has 15 heavy (non-hydrogen) atoms. The molecule has 86 valence electrons. The molecule has 0 spiro atoms. The van der Waals surface area contributed by atoms with Gasteiger partial charge < -0.3 is 14.6 Å². The van der Waals surface area contributed by atoms with Crippen molar-refractivity contribution in [3.05, 3.63) is 0 Å². The minimum atomic E-state index is -0.306. The Morgan fingerprint density at radius 3 is 3.00 bits per heavy atom. The average Bonchev–Trinajstić information content (AvgIpc) is 2.62. The Kier molecular flexibility index (Phi) is 3.43. The smallest absolute Gasteiger partial charge is 0.410 e. The summed E-state index contributed by atoms with van der Waals surface area (Å²) in [4.78, 5) is 13.0. The van der Waals surface area contributed by atoms with Gasteiger partial charge in [-0.2, -0.15) is 0 Å². The molecule has 2 rings (SSSR count). The number of aliphatic hydroxyl groups excluding tert-OH is 1. The van der Waals surface area contributed by atoms with Crippen LogP contribution in [-0.2, 0) is 9.47 Å². The largest absolute Gasteiger partial charge is 0.447 e. The maximum Gasteiger partial charge on any atom is 0.410 e. The van der Waals surface area contributed by atoms with Crippen LogP contribution in [0.25, 0.3) is 0 Å². The maximum atomic E-state index is 11.4. The van der Waals surface area contributed by atoms with E-state index in [0.717, 1.165) is 19.4 Å². The molecule has 5 nitrogen and oxygen atoms in total. The van der Waals surface area contributed by atoms with Gasteiger partial charge in [0.25, 0.3) is 0 Å². The zero-order valence-corrected chi connectivity index (χ0v) is 8.72. The van der Waals surface area contributed by atoms with Crippen LogP contribution in [0.4, 0.5) is 4.79 Å². The fraction of sp³-hybridized carbons (Fsp3) is 0.900. The van der Waals surface area contributed by atoms with Gasteiger partial charge in [-0.3, -0.25) is 4.90 Å². The van der Waals surface area contributed by atoms with Gasteiger partial charge in [-0.05, 0) is 12.8 Å². The van der Waals surface area contributed by atoms with Gasteiger partial charge in [0.05, 0.1) is 19.3 Å². The zero-order valence-electron chi connectivity index (χ0n) is 8.72. The van der Waals surface area contributed by atoms with Crippen LogP contribution in [-0.4, -0.2) is 55.1 Å². The third-order valence-electron chi connectivity index (χ3n) is 2.99. The molecule has 2 fully saturated rings. The standard InChI is InChI=1S/C10H17NO4/c12-5-9-7-15-10(13)11(9)4-8-2-1-3-14-6-8/h8-9,12H,1-7H2. The summed E-state index contributed by atoms with van der Waals surface area (Å²) in [5.74, 6) is 0.387. The van der Waals surface area contributed by atoms with E-state index in [0.29, 0.717) is 25.7 Å². The van der Waals surface area contributed by atoms with Crippen LogP contribution >= 0.6 is 0 Å². The topological polar surface area (TPSA) is 59.0 Å². The van der Waals surface area contributed by atoms with E-state index in [2.05, 4.69) is 0 Å². The number of hydrogen-bond donors (Lipinski definition) is 1. The summed E-state index contributed by atoms with van der Waals surface area (Å²) in [5, 5.41) is 9.08. The van der Waals surface area contributed by atoms with E-state index in [4.69, 9.17) is 14.6 Å². The van der Waals surface area contributed by atoms with Gasteiger partial charge in [-0.1, -0.05) is 0 Å². The third-order valence-corrected chi connectivity index (χ3v) is 2.99. The van der Waals surface area contributed by atoms with Gasteiger partial charge in [0.1, 0.15) is 6.61 Å². The van der Waals surface area contributed by atoms with Gasteiger partial charge in [0.2, 0.25) is 0 Å². The van der Waals surface area contributed by atoms with Crippen molar-refractivity contribution in [1.29, 1.82) is 0 Å². The predicted octanol–water partition coefficient (Wildman–Crippen LogP) is 0.226. The maximum absolute atomic E-state index is 11.4. The Balaban J connectivity index is 1.88. The van der Waals surface area contributed by atoms with Crippen molar-refractivity contribution < 1.29 is 19.4 Å². The summed E-state index contributed by atoms with van der Waals surface area (Å²) in [7, 11) is 0. The Bertz CT molecular complexity index is 227. The highest BCUT2D eigenvalue weighted by Gasteiger charge is 2.34. The van der Waals surface area contributed by atoms with Gasteiger partial charge in [-0.15, -0.1) is 0 Å². The van der Waals surface area contributed by atoms with Gasteiger partial charge in [0.15, 0.2) is 0 Å². The summed E-state index contributed by atoms with van der Waals surface area (Å²) in [6, 6.07) is -0.167. The molecule has 1 amide bonds. The fourth-order valence-electron chi connectivity index (χ4n) is 2.09. The van der Waals surface area contributed by atoms with E-state index >= 15 is 0 Å². The normalized spacial score (nSPS) is 31.8. The summed E-state index contributed by atoms with van der Waals surface area (Å²) in [6.07, 6.45) is 1.83. The molecule has 2 aliphatic rings. The number of cyclic esters (lactones) is 1. The molecule has 2 atom stereocenters. The quantitative estimate of drug-likeness (QED) is 0.732. The summed E-state index contributed by atoms with van der Waals surface area (Å²) < 4.78 is 10.3. The van der Waals surface area contributed by atoms with Crippen LogP contribution in [0, 0.1) is 5.92 Å². The van der Waals surface area contributed by atoms with Crippen molar-refractivity contribution in [3.63, 3.8) is 0 Å². The van der Waals surface area contributed by atoms with E-state index < -0.39 is 0 Å². The van der Waals surface area contributed by atoms with Crippen molar-refractivity contribution in [2.24, 2.45) is 5.92 Å². The monoisotopic (exact) mass is 215 g/mol. The molecule has 1 N–H and O–H groups in total. The first kappa shape index (κ1) is 10.7. The van der Waals surface area contributed by atoms with Crippen molar-refractivity contribution in [2.75, 3.05) is 33.0 Å². The number of ether oxygens (including phenoxy) is 2. The van der Waals surface area contributed by atoms with E-state index in [1.807, 2.05) is 0 Å². The zero-order chi connectivity index (χ0) is 10.7. The fourth-order valence-corrected chi connectivity index (χ4v) is 2.09. The van der Waals surface area contributed by atoms with Crippen molar-refractivity contribution >= 4 is 6.09 Å². The summed E-state index contributed by atoms with van der Waals surface area (Å²) in [6.45, 7) is 2.46. The number of carbonyl (C=O) groups is 1. The number of nitrogens with zero attached hydrogens (tertiary/aromatic N) is 1. The number of rotatable bonds is 3. The van der Waals surface area contributed by atoms with Crippen molar-refractivity contribution in [2.45, 2.75) is 18.9 Å². The van der Waals surface area contributed by atoms with E-state index in [1.54, 1.807) is 4.90 Å². The molecule has 0 bridgehead atoms. The highest BCUT2D eigenvalue weighted by Crippen LogP contribution is 2.19. The highest BCUT2D eigenvalue weighted by molar-refractivity contribution is 5.70. The molecular formula is C10H17NO4. The Labute approximate surface area is 89.0 Å². The number of amides is 1. The van der Waals surface area contributed by atoms with E-state index in [9.17, 15) is 4.79 Å². The lowest BCUT2D eigenvalue weighted by molar-refractivity contribution is 0.0381. The Morgan fingerprint density at radius 1 is 1.47 bits per heavy atom. The molecule has 2 aliphatic heterocycles. The SMILES string of the molecule is O=C1OCC(CO)N1CC1CCCOC1. The predicted molar refractivity (Wildman–Crippen MR) is 52.5 cm³/mol. The third kappa shape index (κ3) is 2.41. The molecule has 5 heteroatoms. The first-order chi connectivity index (χ1) is 7.31. The minimum Gasteiger partial charge on any atom is -0.447 e. The van der Waals surface area contributed by atoms with Crippen LogP contribution < -0.4 is 0 Å². The lowest BCUT2D eigenvalue weighted by Crippen LogP contribution is -2.41. The second-order valence-electron chi connectivity index (χ2n) is 4.15. The van der Waals surface area contributed by atoms with Gasteiger partial charge >= 0.3 is 6.09 Å². The molecule has 0 aliphatic carbocycles. The number of aliphatic hydroxyl groups is 1.